The third-order valence-electron chi connectivity index (χ3n) is 3.17. The molecule has 0 aliphatic heterocycles. The number of halogens is 2. The summed E-state index contributed by atoms with van der Waals surface area (Å²) in [7, 11) is 0. The van der Waals surface area contributed by atoms with Crippen LogP contribution in [0.1, 0.15) is 32.1 Å². The molecule has 17 heavy (non-hydrogen) atoms. The largest absolute Gasteiger partial charge is 0.489 e. The lowest BCUT2D eigenvalue weighted by molar-refractivity contribution is -0.0338. The molecule has 1 aromatic rings. The number of hydrogen-bond acceptors (Lipinski definition) is 2. The molecule has 1 aromatic carbocycles. The van der Waals surface area contributed by atoms with Gasteiger partial charge in [-0.25, -0.2) is 0 Å². The first-order valence-corrected chi connectivity index (χ1v) is 6.65. The highest BCUT2D eigenvalue weighted by atomic mass is 35.5. The Morgan fingerprint density at radius 3 is 2.53 bits per heavy atom. The minimum absolute atomic E-state index is 0.300. The second kappa shape index (κ2) is 5.47. The van der Waals surface area contributed by atoms with E-state index in [2.05, 4.69) is 0 Å². The van der Waals surface area contributed by atoms with Crippen molar-refractivity contribution in [2.75, 3.05) is 6.61 Å². The summed E-state index contributed by atoms with van der Waals surface area (Å²) >= 11 is 11.8. The van der Waals surface area contributed by atoms with Gasteiger partial charge >= 0.3 is 0 Å². The van der Waals surface area contributed by atoms with E-state index in [-0.39, 0.29) is 0 Å². The third kappa shape index (κ3) is 3.51. The second-order valence-electron chi connectivity index (χ2n) is 4.65. The Labute approximate surface area is 111 Å². The molecule has 0 bridgehead atoms. The van der Waals surface area contributed by atoms with Gasteiger partial charge in [0.05, 0.1) is 10.6 Å². The fourth-order valence-corrected chi connectivity index (χ4v) is 2.62. The van der Waals surface area contributed by atoms with Crippen LogP contribution in [0.15, 0.2) is 18.2 Å². The van der Waals surface area contributed by atoms with Crippen LogP contribution in [0.5, 0.6) is 5.75 Å². The van der Waals surface area contributed by atoms with E-state index in [0.29, 0.717) is 22.4 Å². The van der Waals surface area contributed by atoms with Gasteiger partial charge in [0, 0.05) is 5.02 Å². The summed E-state index contributed by atoms with van der Waals surface area (Å²) in [6.45, 7) is 0.300. The van der Waals surface area contributed by atoms with E-state index in [9.17, 15) is 5.11 Å². The Balaban J connectivity index is 1.97. The smallest absolute Gasteiger partial charge is 0.138 e. The standard InChI is InChI=1S/C13H16Cl2O2/c14-10-4-5-12(11(15)8-10)17-9-13(16)6-2-1-3-7-13/h4-5,8,16H,1-3,6-7,9H2. The average molecular weight is 275 g/mol. The summed E-state index contributed by atoms with van der Waals surface area (Å²) in [6, 6.07) is 5.11. The van der Waals surface area contributed by atoms with Crippen molar-refractivity contribution >= 4 is 23.2 Å². The lowest BCUT2D eigenvalue weighted by atomic mass is 9.85. The summed E-state index contributed by atoms with van der Waals surface area (Å²) in [5.41, 5.74) is -0.693. The van der Waals surface area contributed by atoms with Gasteiger partial charge in [-0.3, -0.25) is 0 Å². The molecule has 0 atom stereocenters. The Bertz CT molecular complexity index is 387. The molecule has 0 heterocycles. The molecule has 0 unspecified atom stereocenters. The van der Waals surface area contributed by atoms with Gasteiger partial charge in [-0.15, -0.1) is 0 Å². The zero-order valence-electron chi connectivity index (χ0n) is 9.59. The Morgan fingerprint density at radius 2 is 1.88 bits per heavy atom. The third-order valence-corrected chi connectivity index (χ3v) is 3.71. The molecule has 1 saturated carbocycles. The highest BCUT2D eigenvalue weighted by Gasteiger charge is 2.30. The summed E-state index contributed by atoms with van der Waals surface area (Å²) in [4.78, 5) is 0. The fraction of sp³-hybridized carbons (Fsp3) is 0.538. The van der Waals surface area contributed by atoms with E-state index < -0.39 is 5.60 Å². The minimum atomic E-state index is -0.693. The van der Waals surface area contributed by atoms with E-state index in [1.54, 1.807) is 18.2 Å². The predicted octanol–water partition coefficient (Wildman–Crippen LogP) is 4.07. The maximum atomic E-state index is 10.3. The van der Waals surface area contributed by atoms with Crippen LogP contribution >= 0.6 is 23.2 Å². The molecule has 4 heteroatoms. The lowest BCUT2D eigenvalue weighted by Crippen LogP contribution is -2.37. The van der Waals surface area contributed by atoms with Gasteiger partial charge in [0.2, 0.25) is 0 Å². The number of ether oxygens (including phenoxy) is 1. The first-order valence-electron chi connectivity index (χ1n) is 5.89. The molecule has 1 fully saturated rings. The van der Waals surface area contributed by atoms with Crippen molar-refractivity contribution in [1.82, 2.24) is 0 Å². The van der Waals surface area contributed by atoms with Gasteiger partial charge < -0.3 is 9.84 Å². The molecule has 0 aromatic heterocycles. The monoisotopic (exact) mass is 274 g/mol. The topological polar surface area (TPSA) is 29.5 Å². The van der Waals surface area contributed by atoms with E-state index in [4.69, 9.17) is 27.9 Å². The van der Waals surface area contributed by atoms with E-state index in [1.165, 1.54) is 6.42 Å². The van der Waals surface area contributed by atoms with Crippen LogP contribution in [0, 0.1) is 0 Å². The Morgan fingerprint density at radius 1 is 1.18 bits per heavy atom. The van der Waals surface area contributed by atoms with Crippen LogP contribution in [0.4, 0.5) is 0 Å². The average Bonchev–Trinajstić information content (AvgIpc) is 2.29. The number of rotatable bonds is 3. The maximum Gasteiger partial charge on any atom is 0.138 e. The first kappa shape index (κ1) is 13.0. The van der Waals surface area contributed by atoms with Gasteiger partial charge in [0.1, 0.15) is 12.4 Å². The quantitative estimate of drug-likeness (QED) is 0.901. The molecule has 2 nitrogen and oxygen atoms in total. The molecule has 0 radical (unpaired) electrons. The molecule has 1 aliphatic carbocycles. The predicted molar refractivity (Wildman–Crippen MR) is 70.0 cm³/mol. The molecule has 0 amide bonds. The minimum Gasteiger partial charge on any atom is -0.489 e. The molecule has 94 valence electrons. The maximum absolute atomic E-state index is 10.3. The number of aliphatic hydroxyl groups is 1. The summed E-state index contributed by atoms with van der Waals surface area (Å²) in [5, 5.41) is 11.3. The zero-order valence-corrected chi connectivity index (χ0v) is 11.1. The van der Waals surface area contributed by atoms with Crippen LogP contribution in [-0.4, -0.2) is 17.3 Å². The Kier molecular flexibility index (Phi) is 4.18. The molecule has 1 aliphatic rings. The molecular formula is C13H16Cl2O2. The Hall–Kier alpha value is -0.440. The van der Waals surface area contributed by atoms with Crippen molar-refractivity contribution in [3.8, 4) is 5.75 Å². The highest BCUT2D eigenvalue weighted by molar-refractivity contribution is 6.35. The normalized spacial score (nSPS) is 19.0. The van der Waals surface area contributed by atoms with Gasteiger partial charge in [0.15, 0.2) is 0 Å². The second-order valence-corrected chi connectivity index (χ2v) is 5.49. The van der Waals surface area contributed by atoms with Gasteiger partial charge in [-0.2, -0.15) is 0 Å². The SMILES string of the molecule is OC1(COc2ccc(Cl)cc2Cl)CCCCC1. The van der Waals surface area contributed by atoms with Crippen LogP contribution in [0.25, 0.3) is 0 Å². The molecular weight excluding hydrogens is 259 g/mol. The first-order chi connectivity index (χ1) is 8.09. The van der Waals surface area contributed by atoms with Crippen molar-refractivity contribution in [3.05, 3.63) is 28.2 Å². The van der Waals surface area contributed by atoms with E-state index in [0.717, 1.165) is 25.7 Å². The van der Waals surface area contributed by atoms with Crippen molar-refractivity contribution in [1.29, 1.82) is 0 Å². The van der Waals surface area contributed by atoms with Crippen LogP contribution in [0.3, 0.4) is 0 Å². The highest BCUT2D eigenvalue weighted by Crippen LogP contribution is 2.31. The summed E-state index contributed by atoms with van der Waals surface area (Å²) < 4.78 is 5.59. The number of hydrogen-bond donors (Lipinski definition) is 1. The molecule has 0 spiro atoms. The van der Waals surface area contributed by atoms with Gasteiger partial charge in [-0.1, -0.05) is 42.5 Å². The number of benzene rings is 1. The zero-order chi connectivity index (χ0) is 12.3. The van der Waals surface area contributed by atoms with Crippen molar-refractivity contribution in [2.45, 2.75) is 37.7 Å². The van der Waals surface area contributed by atoms with Crippen LogP contribution < -0.4 is 4.74 Å². The van der Waals surface area contributed by atoms with E-state index >= 15 is 0 Å². The van der Waals surface area contributed by atoms with Crippen LogP contribution in [-0.2, 0) is 0 Å². The van der Waals surface area contributed by atoms with Crippen molar-refractivity contribution < 1.29 is 9.84 Å². The molecule has 1 N–H and O–H groups in total. The van der Waals surface area contributed by atoms with Crippen LogP contribution in [0.2, 0.25) is 10.0 Å². The summed E-state index contributed by atoms with van der Waals surface area (Å²) in [6.07, 6.45) is 4.93. The lowest BCUT2D eigenvalue weighted by Gasteiger charge is -2.31. The summed E-state index contributed by atoms with van der Waals surface area (Å²) in [5.74, 6) is 0.579. The molecule has 0 saturated heterocycles. The van der Waals surface area contributed by atoms with E-state index in [1.807, 2.05) is 0 Å². The molecule has 2 rings (SSSR count). The van der Waals surface area contributed by atoms with Gasteiger partial charge in [0.25, 0.3) is 0 Å². The fourth-order valence-electron chi connectivity index (χ4n) is 2.16. The van der Waals surface area contributed by atoms with Crippen molar-refractivity contribution in [2.24, 2.45) is 0 Å². The van der Waals surface area contributed by atoms with Crippen molar-refractivity contribution in [3.63, 3.8) is 0 Å². The van der Waals surface area contributed by atoms with Gasteiger partial charge in [-0.05, 0) is 31.0 Å².